The summed E-state index contributed by atoms with van der Waals surface area (Å²) in [4.78, 5) is 0. The standard InChI is InChI=1S/C19H24N2O2/c1-13-18(22)19(23)17(21-13)11-12-20-16-9-7-15(8-10-16)14-5-3-2-4-6-14/h2-10,13,17-23H,11-12H2,1H3/t13-,17+,18+,19-/m0/s1. The van der Waals surface area contributed by atoms with Crippen molar-refractivity contribution >= 4 is 5.69 Å². The lowest BCUT2D eigenvalue weighted by molar-refractivity contribution is 0.0297. The van der Waals surface area contributed by atoms with Crippen molar-refractivity contribution < 1.29 is 10.2 Å². The average molecular weight is 312 g/mol. The monoisotopic (exact) mass is 312 g/mol. The molecule has 0 amide bonds. The van der Waals surface area contributed by atoms with Gasteiger partial charge in [-0.2, -0.15) is 0 Å². The summed E-state index contributed by atoms with van der Waals surface area (Å²) in [6.45, 7) is 2.64. The molecule has 4 heteroatoms. The van der Waals surface area contributed by atoms with E-state index in [-0.39, 0.29) is 12.1 Å². The molecule has 0 spiro atoms. The number of aliphatic hydroxyl groups excluding tert-OH is 2. The van der Waals surface area contributed by atoms with Gasteiger partial charge in [-0.05, 0) is 36.6 Å². The van der Waals surface area contributed by atoms with Crippen LogP contribution in [-0.2, 0) is 0 Å². The highest BCUT2D eigenvalue weighted by Gasteiger charge is 2.37. The number of aliphatic hydroxyl groups is 2. The molecule has 0 radical (unpaired) electrons. The highest BCUT2D eigenvalue weighted by atomic mass is 16.3. The molecule has 0 aromatic heterocycles. The van der Waals surface area contributed by atoms with Crippen molar-refractivity contribution in [3.63, 3.8) is 0 Å². The van der Waals surface area contributed by atoms with Crippen LogP contribution in [0.2, 0.25) is 0 Å². The smallest absolute Gasteiger partial charge is 0.0967 e. The lowest BCUT2D eigenvalue weighted by Crippen LogP contribution is -2.34. The molecule has 1 aliphatic heterocycles. The number of hydrogen-bond acceptors (Lipinski definition) is 4. The van der Waals surface area contributed by atoms with Crippen molar-refractivity contribution in [2.45, 2.75) is 37.6 Å². The molecule has 2 aromatic carbocycles. The zero-order valence-corrected chi connectivity index (χ0v) is 13.3. The van der Waals surface area contributed by atoms with Crippen LogP contribution >= 0.6 is 0 Å². The number of hydrogen-bond donors (Lipinski definition) is 4. The second-order valence-corrected chi connectivity index (χ2v) is 6.20. The largest absolute Gasteiger partial charge is 0.389 e. The van der Waals surface area contributed by atoms with Crippen LogP contribution in [0.25, 0.3) is 11.1 Å². The van der Waals surface area contributed by atoms with Gasteiger partial charge in [0, 0.05) is 24.3 Å². The zero-order valence-electron chi connectivity index (χ0n) is 13.3. The van der Waals surface area contributed by atoms with Gasteiger partial charge in [-0.15, -0.1) is 0 Å². The van der Waals surface area contributed by atoms with E-state index < -0.39 is 12.2 Å². The van der Waals surface area contributed by atoms with Gasteiger partial charge in [-0.25, -0.2) is 0 Å². The third kappa shape index (κ3) is 3.72. The Morgan fingerprint density at radius 2 is 1.57 bits per heavy atom. The summed E-state index contributed by atoms with van der Waals surface area (Å²) in [5, 5.41) is 26.3. The van der Waals surface area contributed by atoms with Crippen LogP contribution in [0.1, 0.15) is 13.3 Å². The van der Waals surface area contributed by atoms with Gasteiger partial charge in [-0.1, -0.05) is 42.5 Å². The lowest BCUT2D eigenvalue weighted by atomic mass is 10.1. The van der Waals surface area contributed by atoms with Gasteiger partial charge in [-0.3, -0.25) is 0 Å². The van der Waals surface area contributed by atoms with Crippen LogP contribution < -0.4 is 10.6 Å². The van der Waals surface area contributed by atoms with Crippen molar-refractivity contribution in [3.05, 3.63) is 54.6 Å². The molecule has 3 rings (SSSR count). The molecule has 0 aliphatic carbocycles. The summed E-state index contributed by atoms with van der Waals surface area (Å²) in [5.74, 6) is 0. The summed E-state index contributed by atoms with van der Waals surface area (Å²) in [6, 6.07) is 18.5. The molecule has 1 fully saturated rings. The van der Waals surface area contributed by atoms with E-state index in [9.17, 15) is 10.2 Å². The first-order valence-electron chi connectivity index (χ1n) is 8.16. The third-order valence-electron chi connectivity index (χ3n) is 4.53. The van der Waals surface area contributed by atoms with Crippen LogP contribution in [0.4, 0.5) is 5.69 Å². The normalized spacial score (nSPS) is 27.1. The average Bonchev–Trinajstić information content (AvgIpc) is 2.83. The fraction of sp³-hybridized carbons (Fsp3) is 0.368. The quantitative estimate of drug-likeness (QED) is 0.684. The van der Waals surface area contributed by atoms with E-state index >= 15 is 0 Å². The fourth-order valence-electron chi connectivity index (χ4n) is 3.11. The number of benzene rings is 2. The van der Waals surface area contributed by atoms with Crippen LogP contribution in [0, 0.1) is 0 Å². The van der Waals surface area contributed by atoms with E-state index in [0.717, 1.165) is 18.7 Å². The first-order chi connectivity index (χ1) is 11.1. The topological polar surface area (TPSA) is 64.5 Å². The van der Waals surface area contributed by atoms with Gasteiger partial charge >= 0.3 is 0 Å². The van der Waals surface area contributed by atoms with E-state index in [2.05, 4.69) is 47.0 Å². The van der Waals surface area contributed by atoms with Gasteiger partial charge in [0.1, 0.15) is 0 Å². The SMILES string of the molecule is C[C@@H]1N[C@H](CCNc2ccc(-c3ccccc3)cc2)[C@H](O)[C@@H]1O. The highest BCUT2D eigenvalue weighted by molar-refractivity contribution is 5.65. The number of rotatable bonds is 5. The predicted octanol–water partition coefficient (Wildman–Crippen LogP) is 2.24. The maximum atomic E-state index is 9.95. The Morgan fingerprint density at radius 1 is 0.913 bits per heavy atom. The Balaban J connectivity index is 1.52. The highest BCUT2D eigenvalue weighted by Crippen LogP contribution is 2.21. The summed E-state index contributed by atoms with van der Waals surface area (Å²) < 4.78 is 0. The number of anilines is 1. The van der Waals surface area contributed by atoms with Crippen molar-refractivity contribution in [1.29, 1.82) is 0 Å². The maximum absolute atomic E-state index is 9.95. The lowest BCUT2D eigenvalue weighted by Gasteiger charge is -2.16. The molecule has 1 aliphatic rings. The first-order valence-corrected chi connectivity index (χ1v) is 8.16. The summed E-state index contributed by atoms with van der Waals surface area (Å²) >= 11 is 0. The molecule has 4 nitrogen and oxygen atoms in total. The van der Waals surface area contributed by atoms with E-state index in [4.69, 9.17) is 0 Å². The van der Waals surface area contributed by atoms with Crippen molar-refractivity contribution in [1.82, 2.24) is 5.32 Å². The minimum Gasteiger partial charge on any atom is -0.389 e. The van der Waals surface area contributed by atoms with Gasteiger partial charge in [0.2, 0.25) is 0 Å². The third-order valence-corrected chi connectivity index (χ3v) is 4.53. The van der Waals surface area contributed by atoms with Gasteiger partial charge < -0.3 is 20.8 Å². The Bertz CT molecular complexity index is 615. The molecule has 1 heterocycles. The maximum Gasteiger partial charge on any atom is 0.0967 e. The van der Waals surface area contributed by atoms with Crippen LogP contribution in [-0.4, -0.2) is 41.0 Å². The molecular formula is C19H24N2O2. The van der Waals surface area contributed by atoms with E-state index in [0.29, 0.717) is 0 Å². The van der Waals surface area contributed by atoms with E-state index in [1.165, 1.54) is 11.1 Å². The fourth-order valence-corrected chi connectivity index (χ4v) is 3.11. The van der Waals surface area contributed by atoms with E-state index in [1.54, 1.807) is 0 Å². The summed E-state index contributed by atoms with van der Waals surface area (Å²) in [7, 11) is 0. The second kappa shape index (κ2) is 7.13. The second-order valence-electron chi connectivity index (χ2n) is 6.20. The number of nitrogens with one attached hydrogen (secondary N) is 2. The Morgan fingerprint density at radius 3 is 2.17 bits per heavy atom. The first kappa shape index (κ1) is 16.0. The summed E-state index contributed by atoms with van der Waals surface area (Å²) in [5.41, 5.74) is 3.46. The van der Waals surface area contributed by atoms with Gasteiger partial charge in [0.25, 0.3) is 0 Å². The zero-order chi connectivity index (χ0) is 16.2. The Kier molecular flexibility index (Phi) is 4.96. The Labute approximate surface area is 137 Å². The van der Waals surface area contributed by atoms with Crippen molar-refractivity contribution in [3.8, 4) is 11.1 Å². The van der Waals surface area contributed by atoms with Gasteiger partial charge in [0.05, 0.1) is 12.2 Å². The predicted molar refractivity (Wildman–Crippen MR) is 93.4 cm³/mol. The molecule has 23 heavy (non-hydrogen) atoms. The molecule has 122 valence electrons. The minimum absolute atomic E-state index is 0.0554. The van der Waals surface area contributed by atoms with E-state index in [1.807, 2.05) is 25.1 Å². The van der Waals surface area contributed by atoms with Crippen LogP contribution in [0.5, 0.6) is 0 Å². The molecular weight excluding hydrogens is 288 g/mol. The van der Waals surface area contributed by atoms with Crippen molar-refractivity contribution in [2.24, 2.45) is 0 Å². The molecule has 4 N–H and O–H groups in total. The molecule has 0 saturated carbocycles. The molecule has 0 unspecified atom stereocenters. The summed E-state index contributed by atoms with van der Waals surface area (Å²) in [6.07, 6.45) is -0.597. The molecule has 2 aromatic rings. The molecule has 4 atom stereocenters. The van der Waals surface area contributed by atoms with Crippen LogP contribution in [0.3, 0.4) is 0 Å². The van der Waals surface area contributed by atoms with Crippen LogP contribution in [0.15, 0.2) is 54.6 Å². The molecule has 0 bridgehead atoms. The molecule has 1 saturated heterocycles. The van der Waals surface area contributed by atoms with Crippen molar-refractivity contribution in [2.75, 3.05) is 11.9 Å². The minimum atomic E-state index is -0.688. The Hall–Kier alpha value is -1.88. The van der Waals surface area contributed by atoms with Gasteiger partial charge in [0.15, 0.2) is 0 Å².